The van der Waals surface area contributed by atoms with Gasteiger partial charge in [0, 0.05) is 21.8 Å². The van der Waals surface area contributed by atoms with Crippen LogP contribution in [-0.4, -0.2) is 20.2 Å². The summed E-state index contributed by atoms with van der Waals surface area (Å²) >= 11 is 0. The Labute approximate surface area is 163 Å². The fourth-order valence-electron chi connectivity index (χ4n) is 2.67. The van der Waals surface area contributed by atoms with Crippen molar-refractivity contribution in [3.63, 3.8) is 0 Å². The molecule has 0 aliphatic rings. The molecule has 7 heteroatoms. The third kappa shape index (κ3) is 4.04. The zero-order valence-corrected chi connectivity index (χ0v) is 15.8. The lowest BCUT2D eigenvalue weighted by Crippen LogP contribution is -2.15. The van der Waals surface area contributed by atoms with Gasteiger partial charge in [-0.15, -0.1) is 0 Å². The summed E-state index contributed by atoms with van der Waals surface area (Å²) < 4.78 is 62.0. The van der Waals surface area contributed by atoms with Gasteiger partial charge in [0.2, 0.25) is 0 Å². The number of nitrogens with one attached hydrogen (secondary N) is 1. The lowest BCUT2D eigenvalue weighted by Gasteiger charge is -2.14. The van der Waals surface area contributed by atoms with E-state index in [1.807, 2.05) is 31.2 Å². The van der Waals surface area contributed by atoms with Crippen LogP contribution in [-0.2, 0) is 21.4 Å². The van der Waals surface area contributed by atoms with Gasteiger partial charge in [-0.2, -0.15) is 0 Å². The molecular weight excluding hydrogens is 364 g/mol. The normalized spacial score (nSPS) is 13.6. The summed E-state index contributed by atoms with van der Waals surface area (Å²) in [4.78, 5) is -0.00825. The van der Waals surface area contributed by atoms with E-state index in [0.29, 0.717) is 24.3 Å². The molecule has 6 nitrogen and oxygen atoms in total. The van der Waals surface area contributed by atoms with Crippen molar-refractivity contribution >= 4 is 15.8 Å². The number of benzene rings is 2. The zero-order chi connectivity index (χ0) is 21.9. The van der Waals surface area contributed by atoms with Crippen molar-refractivity contribution in [3.05, 3.63) is 65.4 Å². The first kappa shape index (κ1) is 15.4. The molecule has 27 heavy (non-hydrogen) atoms. The molecule has 0 aliphatic heterocycles. The molecule has 0 atom stereocenters. The number of nitrogens with zero attached hydrogens (tertiary/aromatic N) is 1. The van der Waals surface area contributed by atoms with Crippen molar-refractivity contribution in [1.29, 1.82) is 0 Å². The Morgan fingerprint density at radius 1 is 1.15 bits per heavy atom. The highest BCUT2D eigenvalue weighted by Gasteiger charge is 2.23. The van der Waals surface area contributed by atoms with E-state index in [1.54, 1.807) is 18.2 Å². The van der Waals surface area contributed by atoms with Crippen molar-refractivity contribution in [2.75, 3.05) is 11.3 Å². The van der Waals surface area contributed by atoms with Crippen molar-refractivity contribution in [3.8, 4) is 11.1 Å². The second-order valence-corrected chi connectivity index (χ2v) is 7.51. The van der Waals surface area contributed by atoms with E-state index in [2.05, 4.69) is 9.88 Å². The maximum absolute atomic E-state index is 13.2. The Morgan fingerprint density at radius 3 is 2.59 bits per heavy atom. The number of aryl methyl sites for hydroxylation is 1. The number of anilines is 1. The van der Waals surface area contributed by atoms with Gasteiger partial charge in [0.25, 0.3) is 10.0 Å². The van der Waals surface area contributed by atoms with Crippen LogP contribution < -0.4 is 4.72 Å². The molecule has 1 heterocycles. The minimum absolute atomic E-state index is 0.00825. The lowest BCUT2D eigenvalue weighted by molar-refractivity contribution is 0.134. The molecule has 0 unspecified atom stereocenters. The van der Waals surface area contributed by atoms with Gasteiger partial charge in [-0.25, -0.2) is 8.42 Å². The van der Waals surface area contributed by atoms with Gasteiger partial charge in [-0.1, -0.05) is 47.6 Å². The van der Waals surface area contributed by atoms with E-state index in [0.717, 1.165) is 5.56 Å². The fraction of sp³-hybridized carbons (Fsp3) is 0.250. The molecule has 0 saturated carbocycles. The predicted octanol–water partition coefficient (Wildman–Crippen LogP) is 4.30. The number of aromatic nitrogens is 1. The zero-order valence-electron chi connectivity index (χ0n) is 18.0. The Hall–Kier alpha value is -2.64. The summed E-state index contributed by atoms with van der Waals surface area (Å²) in [5.74, 6) is -0.312. The summed E-state index contributed by atoms with van der Waals surface area (Å²) in [5.41, 5.74) is 1.75. The summed E-state index contributed by atoms with van der Waals surface area (Å²) in [6.07, 6.45) is 0. The maximum atomic E-state index is 13.2. The van der Waals surface area contributed by atoms with Crippen LogP contribution >= 0.6 is 0 Å². The van der Waals surface area contributed by atoms with Crippen LogP contribution in [0.15, 0.2) is 57.9 Å². The molecule has 142 valence electrons. The number of sulfonamides is 1. The van der Waals surface area contributed by atoms with Gasteiger partial charge in [0.1, 0.15) is 5.76 Å². The van der Waals surface area contributed by atoms with Gasteiger partial charge in [0.05, 0.1) is 11.5 Å². The smallest absolute Gasteiger partial charge is 0.263 e. The summed E-state index contributed by atoms with van der Waals surface area (Å²) in [7, 11) is -4.16. The Balaban J connectivity index is 2.07. The van der Waals surface area contributed by atoms with Crippen molar-refractivity contribution in [1.82, 2.24) is 5.16 Å². The molecule has 3 aromatic rings. The van der Waals surface area contributed by atoms with Crippen LogP contribution in [0.25, 0.3) is 11.1 Å². The molecule has 1 N–H and O–H groups in total. The van der Waals surface area contributed by atoms with E-state index in [4.69, 9.17) is 13.4 Å². The summed E-state index contributed by atoms with van der Waals surface area (Å²) in [5, 5.41) is 3.61. The van der Waals surface area contributed by atoms with Crippen LogP contribution in [0, 0.1) is 13.8 Å². The molecule has 0 aliphatic carbocycles. The minimum Gasteiger partial charge on any atom is -0.377 e. The Morgan fingerprint density at radius 2 is 1.85 bits per heavy atom. The second-order valence-electron chi connectivity index (χ2n) is 5.86. The quantitative estimate of drug-likeness (QED) is 0.652. The molecule has 0 fully saturated rings. The molecule has 0 amide bonds. The molecule has 0 spiro atoms. The van der Waals surface area contributed by atoms with Gasteiger partial charge in [0.15, 0.2) is 5.82 Å². The third-order valence-corrected chi connectivity index (χ3v) is 5.44. The molecule has 0 bridgehead atoms. The molecule has 3 rings (SSSR count). The minimum atomic E-state index is -4.16. The van der Waals surface area contributed by atoms with Crippen LogP contribution in [0.2, 0.25) is 0 Å². The van der Waals surface area contributed by atoms with E-state index in [9.17, 15) is 8.42 Å². The molecule has 2 aromatic carbocycles. The third-order valence-electron chi connectivity index (χ3n) is 4.04. The lowest BCUT2D eigenvalue weighted by atomic mass is 10.0. The standard InChI is InChI=1S/C20H22N2O4S/c1-4-25-13-16-9-5-6-10-17(16)18-11-7-8-12-19(18)27(23,24)22-20-14(2)15(3)26-21-20/h5-12H,4,13H2,1-3H3,(H,21,22)/i2D3. The number of hydrogen-bond donors (Lipinski definition) is 1. The van der Waals surface area contributed by atoms with E-state index < -0.39 is 16.9 Å². The van der Waals surface area contributed by atoms with Gasteiger partial charge in [-0.3, -0.25) is 4.72 Å². The number of rotatable bonds is 7. The monoisotopic (exact) mass is 389 g/mol. The number of hydrogen-bond acceptors (Lipinski definition) is 5. The average molecular weight is 389 g/mol. The highest BCUT2D eigenvalue weighted by Crippen LogP contribution is 2.32. The van der Waals surface area contributed by atoms with Gasteiger partial charge >= 0.3 is 0 Å². The maximum Gasteiger partial charge on any atom is 0.263 e. The van der Waals surface area contributed by atoms with E-state index in [1.165, 1.54) is 13.0 Å². The van der Waals surface area contributed by atoms with Crippen molar-refractivity contribution in [2.45, 2.75) is 32.2 Å². The van der Waals surface area contributed by atoms with E-state index in [-0.39, 0.29) is 22.0 Å². The van der Waals surface area contributed by atoms with Gasteiger partial charge in [-0.05, 0) is 37.9 Å². The SMILES string of the molecule is [2H]C([2H])([2H])c1c(NS(=O)(=O)c2ccccc2-c2ccccc2COCC)noc1C. The molecule has 1 aromatic heterocycles. The Bertz CT molecular complexity index is 1140. The molecular formula is C20H22N2O4S. The van der Waals surface area contributed by atoms with Crippen molar-refractivity contribution in [2.24, 2.45) is 0 Å². The fourth-order valence-corrected chi connectivity index (χ4v) is 3.90. The van der Waals surface area contributed by atoms with Crippen LogP contribution in [0.5, 0.6) is 0 Å². The topological polar surface area (TPSA) is 81.4 Å². The number of ether oxygens (including phenoxy) is 1. The largest absolute Gasteiger partial charge is 0.377 e. The first-order valence-electron chi connectivity index (χ1n) is 9.89. The van der Waals surface area contributed by atoms with Crippen LogP contribution in [0.4, 0.5) is 5.82 Å². The second kappa shape index (κ2) is 7.94. The van der Waals surface area contributed by atoms with Crippen molar-refractivity contribution < 1.29 is 21.8 Å². The highest BCUT2D eigenvalue weighted by molar-refractivity contribution is 7.92. The molecule has 0 saturated heterocycles. The highest BCUT2D eigenvalue weighted by atomic mass is 32.2. The first-order valence-corrected chi connectivity index (χ1v) is 9.88. The first-order chi connectivity index (χ1) is 14.1. The molecule has 0 radical (unpaired) electrons. The van der Waals surface area contributed by atoms with E-state index >= 15 is 0 Å². The summed E-state index contributed by atoms with van der Waals surface area (Å²) in [6.45, 7) is 1.59. The Kier molecular flexibility index (Phi) is 4.53. The van der Waals surface area contributed by atoms with Gasteiger partial charge < -0.3 is 9.26 Å². The van der Waals surface area contributed by atoms with Crippen LogP contribution in [0.3, 0.4) is 0 Å². The van der Waals surface area contributed by atoms with Crippen LogP contribution in [0.1, 0.15) is 27.9 Å². The predicted molar refractivity (Wildman–Crippen MR) is 104 cm³/mol. The summed E-state index contributed by atoms with van der Waals surface area (Å²) in [6, 6.07) is 13.8. The average Bonchev–Trinajstić information content (AvgIpc) is 3.06.